The van der Waals surface area contributed by atoms with Crippen LogP contribution >= 0.6 is 0 Å². The number of nitrogens with one attached hydrogen (secondary N) is 1. The third kappa shape index (κ3) is 3.21. The second-order valence-electron chi connectivity index (χ2n) is 5.85. The molecule has 0 aliphatic carbocycles. The van der Waals surface area contributed by atoms with Crippen molar-refractivity contribution < 1.29 is 14.1 Å². The van der Waals surface area contributed by atoms with Crippen molar-refractivity contribution in [3.05, 3.63) is 40.2 Å². The Kier molecular flexibility index (Phi) is 4.43. The zero-order valence-electron chi connectivity index (χ0n) is 13.2. The van der Waals surface area contributed by atoms with Gasteiger partial charge in [0.1, 0.15) is 11.7 Å². The van der Waals surface area contributed by atoms with Crippen LogP contribution in [0.1, 0.15) is 6.92 Å². The molecule has 0 bridgehead atoms. The lowest BCUT2D eigenvalue weighted by Gasteiger charge is -2.39. The van der Waals surface area contributed by atoms with Crippen molar-refractivity contribution in [1.82, 2.24) is 10.2 Å². The normalized spacial score (nSPS) is 25.2. The number of amidine groups is 1. The number of aliphatic imine (C=N–C) groups is 1. The first kappa shape index (κ1) is 16.3. The van der Waals surface area contributed by atoms with Crippen LogP contribution in [0.25, 0.3) is 0 Å². The van der Waals surface area contributed by atoms with Crippen LogP contribution in [0.3, 0.4) is 0 Å². The fourth-order valence-electron chi connectivity index (χ4n) is 3.07. The fraction of sp³-hybridized carbons (Fsp3) is 0.467. The maximum Gasteiger partial charge on any atom is 0.325 e. The van der Waals surface area contributed by atoms with Gasteiger partial charge in [-0.2, -0.15) is 0 Å². The minimum absolute atomic E-state index is 0.288. The zero-order chi connectivity index (χ0) is 17.3. The van der Waals surface area contributed by atoms with Crippen molar-refractivity contribution in [2.24, 2.45) is 4.99 Å². The standard InChI is InChI=1S/C15H18FN5O3/c1-10-17-14(13(21(23)24)15(22)18-10)20-8-6-19(7-9-20)12-4-2-11(16)3-5-12/h2-5,13-14H,6-9H2,1H3,(H,17,18,22). The molecule has 2 heterocycles. The number of carbonyl (C=O) groups excluding carboxylic acids is 1. The topological polar surface area (TPSA) is 91.1 Å². The number of hydrogen-bond donors (Lipinski definition) is 1. The molecule has 9 heteroatoms. The summed E-state index contributed by atoms with van der Waals surface area (Å²) >= 11 is 0. The lowest BCUT2D eigenvalue weighted by Crippen LogP contribution is -2.61. The Hall–Kier alpha value is -2.55. The summed E-state index contributed by atoms with van der Waals surface area (Å²) < 4.78 is 13.0. The van der Waals surface area contributed by atoms with Crippen molar-refractivity contribution in [3.8, 4) is 0 Å². The Balaban J connectivity index is 1.71. The number of anilines is 1. The highest BCUT2D eigenvalue weighted by Crippen LogP contribution is 2.20. The van der Waals surface area contributed by atoms with E-state index in [-0.39, 0.29) is 5.82 Å². The van der Waals surface area contributed by atoms with Gasteiger partial charge in [-0.15, -0.1) is 0 Å². The van der Waals surface area contributed by atoms with Gasteiger partial charge >= 0.3 is 11.9 Å². The van der Waals surface area contributed by atoms with E-state index < -0.39 is 23.0 Å². The van der Waals surface area contributed by atoms with E-state index in [2.05, 4.69) is 15.2 Å². The Morgan fingerprint density at radius 1 is 1.25 bits per heavy atom. The maximum absolute atomic E-state index is 13.0. The average molecular weight is 335 g/mol. The number of nitrogens with zero attached hydrogens (tertiary/aromatic N) is 4. The Morgan fingerprint density at radius 3 is 2.46 bits per heavy atom. The molecule has 1 amide bonds. The minimum Gasteiger partial charge on any atom is -0.369 e. The van der Waals surface area contributed by atoms with E-state index in [1.807, 2.05) is 4.90 Å². The quantitative estimate of drug-likeness (QED) is 0.640. The van der Waals surface area contributed by atoms with Gasteiger partial charge < -0.3 is 10.2 Å². The van der Waals surface area contributed by atoms with Crippen LogP contribution in [0.5, 0.6) is 0 Å². The molecule has 1 N–H and O–H groups in total. The summed E-state index contributed by atoms with van der Waals surface area (Å²) in [6, 6.07) is 4.83. The van der Waals surface area contributed by atoms with Gasteiger partial charge in [0.25, 0.3) is 0 Å². The summed E-state index contributed by atoms with van der Waals surface area (Å²) in [5.41, 5.74) is 0.906. The molecule has 128 valence electrons. The molecule has 0 radical (unpaired) electrons. The molecule has 8 nitrogen and oxygen atoms in total. The van der Waals surface area contributed by atoms with Crippen LogP contribution in [0.15, 0.2) is 29.3 Å². The molecule has 2 atom stereocenters. The van der Waals surface area contributed by atoms with E-state index in [1.165, 1.54) is 12.1 Å². The van der Waals surface area contributed by atoms with Gasteiger partial charge in [-0.05, 0) is 31.2 Å². The number of piperazine rings is 1. The summed E-state index contributed by atoms with van der Waals surface area (Å²) in [7, 11) is 0. The van der Waals surface area contributed by atoms with Crippen LogP contribution in [-0.2, 0) is 4.79 Å². The number of amides is 1. The molecule has 1 aromatic carbocycles. The van der Waals surface area contributed by atoms with Gasteiger partial charge in [-0.25, -0.2) is 9.38 Å². The number of carbonyl (C=O) groups is 1. The van der Waals surface area contributed by atoms with E-state index in [4.69, 9.17) is 0 Å². The monoisotopic (exact) mass is 335 g/mol. The summed E-state index contributed by atoms with van der Waals surface area (Å²) in [4.78, 5) is 30.8. The first-order valence-corrected chi connectivity index (χ1v) is 7.69. The Morgan fingerprint density at radius 2 is 1.88 bits per heavy atom. The fourth-order valence-corrected chi connectivity index (χ4v) is 3.07. The van der Waals surface area contributed by atoms with Gasteiger partial charge in [-0.3, -0.25) is 19.8 Å². The second kappa shape index (κ2) is 6.52. The predicted molar refractivity (Wildman–Crippen MR) is 86.0 cm³/mol. The van der Waals surface area contributed by atoms with Crippen molar-refractivity contribution in [3.63, 3.8) is 0 Å². The minimum atomic E-state index is -1.40. The first-order chi connectivity index (χ1) is 11.5. The third-order valence-electron chi connectivity index (χ3n) is 4.29. The summed E-state index contributed by atoms with van der Waals surface area (Å²) in [5.74, 6) is -0.522. The lowest BCUT2D eigenvalue weighted by atomic mass is 10.1. The molecule has 24 heavy (non-hydrogen) atoms. The molecule has 1 saturated heterocycles. The molecule has 2 aliphatic rings. The van der Waals surface area contributed by atoms with Crippen LogP contribution in [-0.4, -0.2) is 60.0 Å². The molecule has 3 rings (SSSR count). The van der Waals surface area contributed by atoms with Gasteiger partial charge in [-0.1, -0.05) is 0 Å². The van der Waals surface area contributed by atoms with Crippen LogP contribution in [0.4, 0.5) is 10.1 Å². The maximum atomic E-state index is 13.0. The van der Waals surface area contributed by atoms with Crippen molar-refractivity contribution in [2.75, 3.05) is 31.1 Å². The van der Waals surface area contributed by atoms with E-state index in [1.54, 1.807) is 19.1 Å². The molecule has 0 spiro atoms. The van der Waals surface area contributed by atoms with Crippen LogP contribution < -0.4 is 10.2 Å². The van der Waals surface area contributed by atoms with Crippen LogP contribution in [0, 0.1) is 15.9 Å². The van der Waals surface area contributed by atoms with Gasteiger partial charge in [0, 0.05) is 36.8 Å². The Labute approximate surface area is 138 Å². The smallest absolute Gasteiger partial charge is 0.325 e. The highest BCUT2D eigenvalue weighted by atomic mass is 19.1. The number of hydrogen-bond acceptors (Lipinski definition) is 6. The lowest BCUT2D eigenvalue weighted by molar-refractivity contribution is -0.515. The largest absolute Gasteiger partial charge is 0.369 e. The molecule has 1 fully saturated rings. The first-order valence-electron chi connectivity index (χ1n) is 7.69. The van der Waals surface area contributed by atoms with Crippen molar-refractivity contribution >= 4 is 17.4 Å². The summed E-state index contributed by atoms with van der Waals surface area (Å²) in [6.45, 7) is 3.95. The number of benzene rings is 1. The molecule has 0 aromatic heterocycles. The molecular weight excluding hydrogens is 317 g/mol. The summed E-state index contributed by atoms with van der Waals surface area (Å²) in [6.07, 6.45) is -0.788. The number of rotatable bonds is 3. The highest BCUT2D eigenvalue weighted by molar-refractivity contribution is 6.01. The molecular formula is C15H18FN5O3. The third-order valence-corrected chi connectivity index (χ3v) is 4.29. The molecule has 2 unspecified atom stereocenters. The van der Waals surface area contributed by atoms with Gasteiger partial charge in [0.05, 0.1) is 0 Å². The van der Waals surface area contributed by atoms with E-state index in [9.17, 15) is 19.3 Å². The van der Waals surface area contributed by atoms with E-state index in [0.717, 1.165) is 5.69 Å². The van der Waals surface area contributed by atoms with Crippen LogP contribution in [0.2, 0.25) is 0 Å². The molecule has 2 aliphatic heterocycles. The SMILES string of the molecule is CC1=NC(N2CCN(c3ccc(F)cc3)CC2)C([N+](=O)[O-])C(=O)N1. The van der Waals surface area contributed by atoms with Gasteiger partial charge in [0.15, 0.2) is 6.17 Å². The van der Waals surface area contributed by atoms with Gasteiger partial charge in [0.2, 0.25) is 0 Å². The van der Waals surface area contributed by atoms with E-state index in [0.29, 0.717) is 32.0 Å². The van der Waals surface area contributed by atoms with E-state index >= 15 is 0 Å². The van der Waals surface area contributed by atoms with Crippen molar-refractivity contribution in [1.29, 1.82) is 0 Å². The summed E-state index contributed by atoms with van der Waals surface area (Å²) in [5, 5.41) is 13.7. The predicted octanol–water partition coefficient (Wildman–Crippen LogP) is 0.467. The number of nitro groups is 1. The molecule has 1 aromatic rings. The molecule has 0 saturated carbocycles. The highest BCUT2D eigenvalue weighted by Gasteiger charge is 2.45. The average Bonchev–Trinajstić information content (AvgIpc) is 2.54. The number of halogens is 1. The van der Waals surface area contributed by atoms with Crippen molar-refractivity contribution in [2.45, 2.75) is 19.1 Å². The Bertz CT molecular complexity index is 670. The zero-order valence-corrected chi connectivity index (χ0v) is 13.2. The second-order valence-corrected chi connectivity index (χ2v) is 5.85.